The minimum atomic E-state index is -0.456. The van der Waals surface area contributed by atoms with Crippen LogP contribution in [0.15, 0.2) is 42.5 Å². The highest BCUT2D eigenvalue weighted by Gasteiger charge is 2.29. The van der Waals surface area contributed by atoms with E-state index in [2.05, 4.69) is 30.2 Å². The van der Waals surface area contributed by atoms with Crippen LogP contribution in [0.1, 0.15) is 10.4 Å². The minimum absolute atomic E-state index is 0.258. The third kappa shape index (κ3) is 4.51. The maximum absolute atomic E-state index is 14.4. The topological polar surface area (TPSA) is 101 Å². The molecule has 6 rings (SSSR count). The van der Waals surface area contributed by atoms with Crippen LogP contribution >= 0.6 is 0 Å². The Morgan fingerprint density at radius 3 is 2.57 bits per heavy atom. The summed E-state index contributed by atoms with van der Waals surface area (Å²) in [5.41, 5.74) is 2.97. The molecule has 2 aliphatic rings. The number of benzene rings is 2. The second-order valence-electron chi connectivity index (χ2n) is 9.34. The second-order valence-corrected chi connectivity index (χ2v) is 9.34. The molecule has 0 radical (unpaired) electrons. The fraction of sp³-hybridized carbons (Fsp3) is 0.346. The summed E-state index contributed by atoms with van der Waals surface area (Å²) in [4.78, 5) is 25.2. The van der Waals surface area contributed by atoms with Gasteiger partial charge in [0, 0.05) is 62.7 Å². The van der Waals surface area contributed by atoms with Crippen LogP contribution in [0, 0.1) is 5.82 Å². The molecule has 1 amide bonds. The van der Waals surface area contributed by atoms with Crippen LogP contribution in [0.5, 0.6) is 5.75 Å². The number of rotatable bonds is 6. The minimum Gasteiger partial charge on any atom is -0.497 e. The van der Waals surface area contributed by atoms with Crippen LogP contribution in [-0.4, -0.2) is 83.1 Å². The predicted molar refractivity (Wildman–Crippen MR) is 138 cm³/mol. The molecule has 4 heterocycles. The molecule has 2 N–H and O–H groups in total. The van der Waals surface area contributed by atoms with Crippen molar-refractivity contribution >= 4 is 28.4 Å². The van der Waals surface area contributed by atoms with Gasteiger partial charge in [-0.3, -0.25) is 14.4 Å². The molecular weight excluding hydrogens is 477 g/mol. The second kappa shape index (κ2) is 9.49. The largest absolute Gasteiger partial charge is 0.497 e. The smallest absolute Gasteiger partial charge is 0.256 e. The Labute approximate surface area is 213 Å². The first-order valence-electron chi connectivity index (χ1n) is 12.2. The Kier molecular flexibility index (Phi) is 6.01. The number of fused-ring (bicyclic) bond motifs is 1. The molecule has 2 fully saturated rings. The number of aromatic nitrogens is 4. The van der Waals surface area contributed by atoms with E-state index in [4.69, 9.17) is 9.47 Å². The molecule has 0 saturated carbocycles. The number of methoxy groups -OCH3 is 1. The zero-order chi connectivity index (χ0) is 25.5. The maximum atomic E-state index is 14.4. The van der Waals surface area contributed by atoms with E-state index >= 15 is 0 Å². The first kappa shape index (κ1) is 23.4. The van der Waals surface area contributed by atoms with E-state index in [0.29, 0.717) is 40.2 Å². The number of amides is 1. The number of carbonyl (C=O) groups excluding carboxylic acids is 1. The van der Waals surface area contributed by atoms with E-state index in [1.807, 2.05) is 24.3 Å². The van der Waals surface area contributed by atoms with Gasteiger partial charge < -0.3 is 24.7 Å². The molecule has 0 spiro atoms. The Balaban J connectivity index is 1.12. The van der Waals surface area contributed by atoms with Gasteiger partial charge >= 0.3 is 0 Å². The van der Waals surface area contributed by atoms with Crippen molar-refractivity contribution in [3.05, 3.63) is 53.8 Å². The Hall–Kier alpha value is -3.96. The van der Waals surface area contributed by atoms with Crippen LogP contribution in [0.25, 0.3) is 22.6 Å². The summed E-state index contributed by atoms with van der Waals surface area (Å²) >= 11 is 0. The van der Waals surface area contributed by atoms with Gasteiger partial charge in [-0.1, -0.05) is 0 Å². The van der Waals surface area contributed by atoms with Gasteiger partial charge in [-0.05, 0) is 24.3 Å². The van der Waals surface area contributed by atoms with E-state index in [1.165, 1.54) is 13.2 Å². The Bertz CT molecular complexity index is 1440. The van der Waals surface area contributed by atoms with Crippen molar-refractivity contribution in [1.82, 2.24) is 24.6 Å². The number of carbonyl (C=O) groups is 1. The highest BCUT2D eigenvalue weighted by atomic mass is 19.1. The predicted octanol–water partition coefficient (Wildman–Crippen LogP) is 2.88. The molecule has 2 aromatic carbocycles. The summed E-state index contributed by atoms with van der Waals surface area (Å²) in [5, 5.41) is 7.23. The van der Waals surface area contributed by atoms with E-state index in [9.17, 15) is 9.18 Å². The van der Waals surface area contributed by atoms with E-state index in [-0.39, 0.29) is 11.4 Å². The summed E-state index contributed by atoms with van der Waals surface area (Å²) < 4.78 is 26.4. The summed E-state index contributed by atoms with van der Waals surface area (Å²) in [6.45, 7) is 5.63. The highest BCUT2D eigenvalue weighted by molar-refractivity contribution is 6.04. The summed E-state index contributed by atoms with van der Waals surface area (Å²) in [5.74, 6) is 0.486. The molecule has 37 heavy (non-hydrogen) atoms. The number of H-pyrrole nitrogens is 1. The summed E-state index contributed by atoms with van der Waals surface area (Å²) in [7, 11) is 3.21. The SMILES string of the molecule is COc1cc(F)c2[nH]c(-c3cc(NC(=O)c4ccc(N5CCN(C6COC6)CC5)cc4)nn3C)nc2c1. The number of anilines is 2. The first-order valence-corrected chi connectivity index (χ1v) is 12.2. The van der Waals surface area contributed by atoms with Crippen molar-refractivity contribution in [2.45, 2.75) is 6.04 Å². The van der Waals surface area contributed by atoms with Gasteiger partial charge in [0.25, 0.3) is 5.91 Å². The van der Waals surface area contributed by atoms with Gasteiger partial charge in [-0.15, -0.1) is 0 Å². The maximum Gasteiger partial charge on any atom is 0.256 e. The molecule has 192 valence electrons. The molecule has 0 aliphatic carbocycles. The van der Waals surface area contributed by atoms with Crippen LogP contribution < -0.4 is 15.0 Å². The van der Waals surface area contributed by atoms with E-state index in [0.717, 1.165) is 45.1 Å². The molecule has 0 atom stereocenters. The third-order valence-corrected chi connectivity index (χ3v) is 7.06. The van der Waals surface area contributed by atoms with Gasteiger partial charge in [-0.25, -0.2) is 9.37 Å². The van der Waals surface area contributed by atoms with Crippen molar-refractivity contribution < 1.29 is 18.7 Å². The lowest BCUT2D eigenvalue weighted by molar-refractivity contribution is -0.0660. The van der Waals surface area contributed by atoms with Crippen LogP contribution in [-0.2, 0) is 11.8 Å². The van der Waals surface area contributed by atoms with Gasteiger partial charge in [0.15, 0.2) is 17.5 Å². The van der Waals surface area contributed by atoms with Crippen LogP contribution in [0.3, 0.4) is 0 Å². The van der Waals surface area contributed by atoms with Crippen LogP contribution in [0.4, 0.5) is 15.9 Å². The zero-order valence-electron chi connectivity index (χ0n) is 20.7. The molecular formula is C26H28FN7O3. The summed E-state index contributed by atoms with van der Waals surface area (Å²) in [6.07, 6.45) is 0. The lowest BCUT2D eigenvalue weighted by atomic mass is 10.1. The van der Waals surface area contributed by atoms with Gasteiger partial charge in [0.1, 0.15) is 17.0 Å². The van der Waals surface area contributed by atoms with E-state index < -0.39 is 5.82 Å². The number of hydrogen-bond donors (Lipinski definition) is 2. The molecule has 2 aliphatic heterocycles. The molecule has 4 aromatic rings. The Morgan fingerprint density at radius 1 is 1.14 bits per heavy atom. The van der Waals surface area contributed by atoms with Crippen molar-refractivity contribution in [2.24, 2.45) is 7.05 Å². The summed E-state index contributed by atoms with van der Waals surface area (Å²) in [6, 6.07) is 12.9. The number of aryl methyl sites for hydroxylation is 1. The fourth-order valence-corrected chi connectivity index (χ4v) is 4.83. The number of halogens is 1. The molecule has 10 nitrogen and oxygen atoms in total. The monoisotopic (exact) mass is 505 g/mol. The number of nitrogens with one attached hydrogen (secondary N) is 2. The molecule has 11 heteroatoms. The quantitative estimate of drug-likeness (QED) is 0.416. The first-order chi connectivity index (χ1) is 18.0. The Morgan fingerprint density at radius 2 is 1.89 bits per heavy atom. The number of ether oxygens (including phenoxy) is 2. The molecule has 2 saturated heterocycles. The number of imidazole rings is 1. The molecule has 0 unspecified atom stereocenters. The average molecular weight is 506 g/mol. The highest BCUT2D eigenvalue weighted by Crippen LogP contribution is 2.27. The lowest BCUT2D eigenvalue weighted by Crippen LogP contribution is -2.56. The van der Waals surface area contributed by atoms with Gasteiger partial charge in [0.05, 0.1) is 31.9 Å². The standard InChI is InChI=1S/C26H28FN7O3/c1-32-22(25-28-21-12-19(36-2)11-20(27)24(21)30-25)13-23(31-32)29-26(35)16-3-5-17(6-4-16)33-7-9-34(10-8-33)18-14-37-15-18/h3-6,11-13,18H,7-10,14-15H2,1-2H3,(H,28,30)(H,29,31,35). The molecule has 2 aromatic heterocycles. The van der Waals surface area contributed by atoms with Crippen LogP contribution in [0.2, 0.25) is 0 Å². The van der Waals surface area contributed by atoms with E-state index in [1.54, 1.807) is 23.9 Å². The van der Waals surface area contributed by atoms with Crippen molar-refractivity contribution in [2.75, 3.05) is 56.7 Å². The lowest BCUT2D eigenvalue weighted by Gasteiger charge is -2.43. The average Bonchev–Trinajstić information content (AvgIpc) is 3.46. The third-order valence-electron chi connectivity index (χ3n) is 7.06. The number of aromatic amines is 1. The van der Waals surface area contributed by atoms with Crippen molar-refractivity contribution in [3.63, 3.8) is 0 Å². The zero-order valence-corrected chi connectivity index (χ0v) is 20.7. The normalized spacial score (nSPS) is 16.7. The van der Waals surface area contributed by atoms with Crippen molar-refractivity contribution in [1.29, 1.82) is 0 Å². The van der Waals surface area contributed by atoms with Crippen molar-refractivity contribution in [3.8, 4) is 17.3 Å². The number of hydrogen-bond acceptors (Lipinski definition) is 7. The van der Waals surface area contributed by atoms with Gasteiger partial charge in [-0.2, -0.15) is 5.10 Å². The number of piperazine rings is 1. The number of nitrogens with zero attached hydrogens (tertiary/aromatic N) is 5. The van der Waals surface area contributed by atoms with Gasteiger partial charge in [0.2, 0.25) is 0 Å². The fourth-order valence-electron chi connectivity index (χ4n) is 4.83. The molecule has 0 bridgehead atoms.